The van der Waals surface area contributed by atoms with Crippen molar-refractivity contribution in [2.24, 2.45) is 0 Å². The first-order valence-corrected chi connectivity index (χ1v) is 11.8. The first-order valence-electron chi connectivity index (χ1n) is 11.0. The van der Waals surface area contributed by atoms with E-state index >= 15 is 0 Å². The monoisotopic (exact) mass is 441 g/mol. The van der Waals surface area contributed by atoms with Crippen LogP contribution in [0.4, 0.5) is 11.4 Å². The van der Waals surface area contributed by atoms with E-state index < -0.39 is 0 Å². The molecule has 0 atom stereocenters. The van der Waals surface area contributed by atoms with Crippen molar-refractivity contribution in [1.29, 1.82) is 0 Å². The number of anilines is 2. The number of hydrogen-bond donors (Lipinski definition) is 1. The molecule has 0 saturated heterocycles. The van der Waals surface area contributed by atoms with E-state index in [-0.39, 0.29) is 0 Å². The van der Waals surface area contributed by atoms with Gasteiger partial charge in [-0.05, 0) is 53.6 Å². The molecule has 2 nitrogen and oxygen atoms in total. The van der Waals surface area contributed by atoms with E-state index in [4.69, 9.17) is 4.42 Å². The van der Waals surface area contributed by atoms with Crippen molar-refractivity contribution in [2.75, 3.05) is 5.32 Å². The van der Waals surface area contributed by atoms with Crippen LogP contribution in [0.15, 0.2) is 114 Å². The molecular weight excluding hydrogens is 422 g/mol. The minimum atomic E-state index is 0.896. The van der Waals surface area contributed by atoms with Crippen molar-refractivity contribution in [3.63, 3.8) is 0 Å². The van der Waals surface area contributed by atoms with Gasteiger partial charge in [0.1, 0.15) is 11.2 Å². The van der Waals surface area contributed by atoms with Gasteiger partial charge in [0, 0.05) is 31.2 Å². The van der Waals surface area contributed by atoms with Gasteiger partial charge >= 0.3 is 0 Å². The van der Waals surface area contributed by atoms with Crippen molar-refractivity contribution < 1.29 is 4.42 Å². The number of rotatable bonds is 3. The Balaban J connectivity index is 1.30. The average molecular weight is 442 g/mol. The Morgan fingerprint density at radius 3 is 2.27 bits per heavy atom. The van der Waals surface area contributed by atoms with Crippen LogP contribution in [0.25, 0.3) is 53.2 Å². The Hall–Kier alpha value is -4.08. The topological polar surface area (TPSA) is 25.2 Å². The third kappa shape index (κ3) is 3.01. The molecule has 2 aromatic heterocycles. The molecule has 0 saturated carbocycles. The quantitative estimate of drug-likeness (QED) is 0.295. The maximum atomic E-state index is 6.05. The average Bonchev–Trinajstić information content (AvgIpc) is 3.42. The Labute approximate surface area is 194 Å². The zero-order valence-corrected chi connectivity index (χ0v) is 18.5. The number of para-hydroxylation sites is 1. The highest BCUT2D eigenvalue weighted by atomic mass is 32.1. The maximum Gasteiger partial charge on any atom is 0.137 e. The molecule has 0 aliphatic rings. The van der Waals surface area contributed by atoms with Crippen molar-refractivity contribution in [3.8, 4) is 11.1 Å². The minimum absolute atomic E-state index is 0.896. The van der Waals surface area contributed by atoms with Gasteiger partial charge in [-0.25, -0.2) is 0 Å². The Morgan fingerprint density at radius 1 is 0.545 bits per heavy atom. The molecule has 0 spiro atoms. The molecule has 3 heteroatoms. The van der Waals surface area contributed by atoms with Crippen molar-refractivity contribution in [2.45, 2.75) is 0 Å². The van der Waals surface area contributed by atoms with Crippen molar-refractivity contribution in [3.05, 3.63) is 109 Å². The van der Waals surface area contributed by atoms with E-state index in [1.807, 2.05) is 35.6 Å². The second kappa shape index (κ2) is 7.22. The van der Waals surface area contributed by atoms with Gasteiger partial charge in [-0.1, -0.05) is 66.7 Å². The minimum Gasteiger partial charge on any atom is -0.456 e. The molecule has 5 aromatic carbocycles. The van der Waals surface area contributed by atoms with Crippen LogP contribution in [0, 0.1) is 0 Å². The summed E-state index contributed by atoms with van der Waals surface area (Å²) in [5, 5.41) is 8.54. The van der Waals surface area contributed by atoms with Crippen molar-refractivity contribution >= 4 is 64.8 Å². The van der Waals surface area contributed by atoms with Crippen LogP contribution in [-0.4, -0.2) is 0 Å². The highest BCUT2D eigenvalue weighted by Gasteiger charge is 2.11. The van der Waals surface area contributed by atoms with Crippen LogP contribution in [0.2, 0.25) is 0 Å². The highest BCUT2D eigenvalue weighted by Crippen LogP contribution is 2.38. The number of nitrogens with one attached hydrogen (secondary N) is 1. The first kappa shape index (κ1) is 18.5. The third-order valence-corrected chi connectivity index (χ3v) is 7.39. The normalized spacial score (nSPS) is 11.6. The lowest BCUT2D eigenvalue weighted by Gasteiger charge is -2.10. The number of hydrogen-bond acceptors (Lipinski definition) is 3. The number of furan rings is 1. The van der Waals surface area contributed by atoms with Crippen LogP contribution < -0.4 is 5.32 Å². The summed E-state index contributed by atoms with van der Waals surface area (Å²) in [6.07, 6.45) is 0. The van der Waals surface area contributed by atoms with Gasteiger partial charge in [0.2, 0.25) is 0 Å². The molecule has 0 bridgehead atoms. The highest BCUT2D eigenvalue weighted by molar-refractivity contribution is 7.25. The Kier molecular flexibility index (Phi) is 4.05. The van der Waals surface area contributed by atoms with E-state index in [1.165, 1.54) is 31.3 Å². The lowest BCUT2D eigenvalue weighted by molar-refractivity contribution is 0.669. The van der Waals surface area contributed by atoms with E-state index in [1.54, 1.807) is 0 Å². The van der Waals surface area contributed by atoms with Gasteiger partial charge in [0.25, 0.3) is 0 Å². The van der Waals surface area contributed by atoms with Gasteiger partial charge in [-0.2, -0.15) is 0 Å². The van der Waals surface area contributed by atoms with E-state index in [0.717, 1.165) is 33.3 Å². The van der Waals surface area contributed by atoms with Gasteiger partial charge in [-0.3, -0.25) is 0 Å². The summed E-state index contributed by atoms with van der Waals surface area (Å²) in [7, 11) is 0. The Bertz CT molecular complexity index is 1810. The summed E-state index contributed by atoms with van der Waals surface area (Å²) in [6, 6.07) is 38.4. The lowest BCUT2D eigenvalue weighted by Crippen LogP contribution is -1.91. The molecule has 1 N–H and O–H groups in total. The molecule has 156 valence electrons. The summed E-state index contributed by atoms with van der Waals surface area (Å²) in [5.41, 5.74) is 6.34. The SMILES string of the molecule is c1cc(Nc2cccc3oc4ccccc4c23)cc(-c2ccc3c(c2)sc2ccccc23)c1. The van der Waals surface area contributed by atoms with Crippen LogP contribution in [0.1, 0.15) is 0 Å². The summed E-state index contributed by atoms with van der Waals surface area (Å²) < 4.78 is 8.71. The van der Waals surface area contributed by atoms with Gasteiger partial charge < -0.3 is 9.73 Å². The van der Waals surface area contributed by atoms with Gasteiger partial charge in [0.15, 0.2) is 0 Å². The summed E-state index contributed by atoms with van der Waals surface area (Å²) in [6.45, 7) is 0. The fourth-order valence-corrected chi connectivity index (χ4v) is 5.86. The predicted octanol–water partition coefficient (Wildman–Crippen LogP) is 9.36. The van der Waals surface area contributed by atoms with Crippen LogP contribution >= 0.6 is 11.3 Å². The summed E-state index contributed by atoms with van der Waals surface area (Å²) >= 11 is 1.85. The van der Waals surface area contributed by atoms with Gasteiger partial charge in [-0.15, -0.1) is 11.3 Å². The standard InChI is InChI=1S/C30H19NOS/c1-3-12-26-24(10-1)30-25(11-6-13-27(30)32-26)31-21-8-5-7-19(17-21)20-15-16-23-22-9-2-4-14-28(22)33-29(23)18-20/h1-18,31H. The fraction of sp³-hybridized carbons (Fsp3) is 0. The smallest absolute Gasteiger partial charge is 0.137 e. The zero-order chi connectivity index (χ0) is 21.8. The predicted molar refractivity (Wildman–Crippen MR) is 142 cm³/mol. The second-order valence-electron chi connectivity index (χ2n) is 8.29. The summed E-state index contributed by atoms with van der Waals surface area (Å²) in [4.78, 5) is 0. The molecule has 33 heavy (non-hydrogen) atoms. The third-order valence-electron chi connectivity index (χ3n) is 6.26. The second-order valence-corrected chi connectivity index (χ2v) is 9.38. The van der Waals surface area contributed by atoms with E-state index in [9.17, 15) is 0 Å². The molecule has 0 radical (unpaired) electrons. The molecule has 0 fully saturated rings. The van der Waals surface area contributed by atoms with Crippen LogP contribution in [0.3, 0.4) is 0 Å². The summed E-state index contributed by atoms with van der Waals surface area (Å²) in [5.74, 6) is 0. The fourth-order valence-electron chi connectivity index (χ4n) is 4.72. The largest absolute Gasteiger partial charge is 0.456 e. The molecule has 0 unspecified atom stereocenters. The van der Waals surface area contributed by atoms with E-state index in [2.05, 4.69) is 90.2 Å². The van der Waals surface area contributed by atoms with Crippen LogP contribution in [-0.2, 0) is 0 Å². The molecule has 0 aliphatic heterocycles. The molecule has 2 heterocycles. The number of fused-ring (bicyclic) bond motifs is 6. The molecule has 0 amide bonds. The number of thiophene rings is 1. The lowest BCUT2D eigenvalue weighted by atomic mass is 10.0. The molecule has 7 aromatic rings. The molecule has 7 rings (SSSR count). The maximum absolute atomic E-state index is 6.05. The van der Waals surface area contributed by atoms with E-state index in [0.29, 0.717) is 0 Å². The Morgan fingerprint density at radius 2 is 1.30 bits per heavy atom. The van der Waals surface area contributed by atoms with Crippen LogP contribution in [0.5, 0.6) is 0 Å². The molecular formula is C30H19NOS. The zero-order valence-electron chi connectivity index (χ0n) is 17.7. The molecule has 0 aliphatic carbocycles. The van der Waals surface area contributed by atoms with Crippen molar-refractivity contribution in [1.82, 2.24) is 0 Å². The number of benzene rings is 5. The first-order chi connectivity index (χ1) is 16.3. The van der Waals surface area contributed by atoms with Gasteiger partial charge in [0.05, 0.1) is 11.1 Å².